The second-order valence-electron chi connectivity index (χ2n) is 3.03. The highest BCUT2D eigenvalue weighted by Crippen LogP contribution is 2.55. The smallest absolute Gasteiger partial charge is 0.209 e. The number of hydrogen-bond donors (Lipinski definition) is 0. The summed E-state index contributed by atoms with van der Waals surface area (Å²) in [6, 6.07) is 0. The zero-order valence-corrected chi connectivity index (χ0v) is 9.28. The van der Waals surface area contributed by atoms with Crippen LogP contribution in [0.3, 0.4) is 0 Å². The largest absolute Gasteiger partial charge is 0.223 e. The minimum Gasteiger partial charge on any atom is -0.223 e. The van der Waals surface area contributed by atoms with E-state index in [2.05, 4.69) is 21.4 Å². The van der Waals surface area contributed by atoms with Gasteiger partial charge >= 0.3 is 0 Å². The molecule has 70 valence electrons. The summed E-state index contributed by atoms with van der Waals surface area (Å²) in [7, 11) is 0. The minimum absolute atomic E-state index is 0.264. The molecule has 0 aromatic carbocycles. The van der Waals surface area contributed by atoms with Gasteiger partial charge in [0.2, 0.25) is 5.16 Å². The Balaban J connectivity index is 2.30. The Morgan fingerprint density at radius 2 is 2.15 bits per heavy atom. The van der Waals surface area contributed by atoms with Crippen LogP contribution >= 0.6 is 23.5 Å². The van der Waals surface area contributed by atoms with Gasteiger partial charge in [0.15, 0.2) is 0 Å². The lowest BCUT2D eigenvalue weighted by Crippen LogP contribution is -2.06. The fraction of sp³-hybridized carbons (Fsp3) is 0.625. The Kier molecular flexibility index (Phi) is 2.47. The Hall–Kier alpha value is -0.290. The SMILES string of the molecule is CSc1nncc(C2(SC)CC2)n1. The maximum Gasteiger partial charge on any atom is 0.209 e. The molecule has 1 fully saturated rings. The highest BCUT2D eigenvalue weighted by Gasteiger charge is 2.45. The summed E-state index contributed by atoms with van der Waals surface area (Å²) >= 11 is 3.41. The van der Waals surface area contributed by atoms with E-state index in [-0.39, 0.29) is 4.75 Å². The minimum atomic E-state index is 0.264. The lowest BCUT2D eigenvalue weighted by molar-refractivity contribution is 0.774. The maximum absolute atomic E-state index is 4.46. The lowest BCUT2D eigenvalue weighted by Gasteiger charge is -2.09. The topological polar surface area (TPSA) is 38.7 Å². The molecule has 1 aromatic rings. The van der Waals surface area contributed by atoms with Crippen LogP contribution in [0.25, 0.3) is 0 Å². The fourth-order valence-electron chi connectivity index (χ4n) is 1.27. The molecule has 0 atom stereocenters. The third-order valence-corrected chi connectivity index (χ3v) is 4.22. The van der Waals surface area contributed by atoms with Gasteiger partial charge in [0, 0.05) is 0 Å². The van der Waals surface area contributed by atoms with Crippen LogP contribution in [-0.4, -0.2) is 27.7 Å². The highest BCUT2D eigenvalue weighted by molar-refractivity contribution is 7.99. The van der Waals surface area contributed by atoms with Crippen molar-refractivity contribution in [3.8, 4) is 0 Å². The molecule has 0 bridgehead atoms. The van der Waals surface area contributed by atoms with E-state index in [0.717, 1.165) is 10.9 Å². The van der Waals surface area contributed by atoms with Crippen LogP contribution in [0.2, 0.25) is 0 Å². The lowest BCUT2D eigenvalue weighted by atomic mass is 10.3. The molecule has 0 saturated heterocycles. The Morgan fingerprint density at radius 1 is 1.38 bits per heavy atom. The summed E-state index contributed by atoms with van der Waals surface area (Å²) in [4.78, 5) is 4.46. The van der Waals surface area contributed by atoms with E-state index in [9.17, 15) is 0 Å². The van der Waals surface area contributed by atoms with Crippen molar-refractivity contribution in [1.29, 1.82) is 0 Å². The normalized spacial score (nSPS) is 18.6. The monoisotopic (exact) mass is 213 g/mol. The van der Waals surface area contributed by atoms with Crippen LogP contribution in [0.4, 0.5) is 0 Å². The van der Waals surface area contributed by atoms with Gasteiger partial charge in [-0.1, -0.05) is 11.8 Å². The molecule has 0 aliphatic heterocycles. The quantitative estimate of drug-likeness (QED) is 0.717. The standard InChI is InChI=1S/C8H11N3S2/c1-12-7-10-6(5-9-11-7)8(13-2)3-4-8/h5H,3-4H2,1-2H3. The molecule has 0 unspecified atom stereocenters. The summed E-state index contributed by atoms with van der Waals surface area (Å²) in [5.41, 5.74) is 1.10. The molecule has 1 aromatic heterocycles. The van der Waals surface area contributed by atoms with Crippen molar-refractivity contribution in [2.45, 2.75) is 22.7 Å². The van der Waals surface area contributed by atoms with Crippen molar-refractivity contribution in [3.63, 3.8) is 0 Å². The number of hydrogen-bond acceptors (Lipinski definition) is 5. The van der Waals surface area contributed by atoms with Crippen LogP contribution in [0.5, 0.6) is 0 Å². The molecule has 3 nitrogen and oxygen atoms in total. The molecule has 0 N–H and O–H groups in total. The van der Waals surface area contributed by atoms with Crippen molar-refractivity contribution in [1.82, 2.24) is 15.2 Å². The van der Waals surface area contributed by atoms with Crippen molar-refractivity contribution in [2.75, 3.05) is 12.5 Å². The van der Waals surface area contributed by atoms with E-state index in [4.69, 9.17) is 0 Å². The average molecular weight is 213 g/mol. The van der Waals surface area contributed by atoms with Gasteiger partial charge in [-0.05, 0) is 25.4 Å². The van der Waals surface area contributed by atoms with Gasteiger partial charge in [0.1, 0.15) is 0 Å². The summed E-state index contributed by atoms with van der Waals surface area (Å²) in [5, 5.41) is 8.66. The Morgan fingerprint density at radius 3 is 2.69 bits per heavy atom. The van der Waals surface area contributed by atoms with Crippen LogP contribution in [0.15, 0.2) is 11.4 Å². The average Bonchev–Trinajstić information content (AvgIpc) is 2.99. The van der Waals surface area contributed by atoms with Crippen molar-refractivity contribution in [3.05, 3.63) is 11.9 Å². The second kappa shape index (κ2) is 3.46. The zero-order valence-electron chi connectivity index (χ0n) is 7.65. The summed E-state index contributed by atoms with van der Waals surface area (Å²) < 4.78 is 0.264. The predicted octanol–water partition coefficient (Wildman–Crippen LogP) is 1.95. The first-order valence-electron chi connectivity index (χ1n) is 4.10. The third kappa shape index (κ3) is 1.67. The summed E-state index contributed by atoms with van der Waals surface area (Å²) in [6.07, 6.45) is 8.35. The van der Waals surface area contributed by atoms with Crippen LogP contribution in [0, 0.1) is 0 Å². The van der Waals surface area contributed by atoms with Crippen LogP contribution in [0.1, 0.15) is 18.5 Å². The molecule has 1 saturated carbocycles. The van der Waals surface area contributed by atoms with E-state index < -0.39 is 0 Å². The first-order chi connectivity index (χ1) is 6.30. The molecule has 0 amide bonds. The second-order valence-corrected chi connectivity index (χ2v) is 4.99. The van der Waals surface area contributed by atoms with Gasteiger partial charge in [-0.3, -0.25) is 0 Å². The van der Waals surface area contributed by atoms with Crippen molar-refractivity contribution in [2.24, 2.45) is 0 Å². The first-order valence-corrected chi connectivity index (χ1v) is 6.55. The summed E-state index contributed by atoms with van der Waals surface area (Å²) in [5.74, 6) is 0. The summed E-state index contributed by atoms with van der Waals surface area (Å²) in [6.45, 7) is 0. The molecule has 5 heteroatoms. The Labute approximate surface area is 86.1 Å². The molecule has 2 rings (SSSR count). The molecule has 1 aliphatic carbocycles. The van der Waals surface area contributed by atoms with Crippen molar-refractivity contribution < 1.29 is 0 Å². The third-order valence-electron chi connectivity index (χ3n) is 2.28. The van der Waals surface area contributed by atoms with E-state index in [1.54, 1.807) is 18.0 Å². The number of aromatic nitrogens is 3. The molecule has 0 spiro atoms. The molecule has 13 heavy (non-hydrogen) atoms. The number of rotatable bonds is 3. The number of thioether (sulfide) groups is 2. The maximum atomic E-state index is 4.46. The number of nitrogens with zero attached hydrogens (tertiary/aromatic N) is 3. The van der Waals surface area contributed by atoms with Gasteiger partial charge in [0.05, 0.1) is 16.6 Å². The highest BCUT2D eigenvalue weighted by atomic mass is 32.2. The van der Waals surface area contributed by atoms with Gasteiger partial charge in [-0.15, -0.1) is 5.10 Å². The van der Waals surface area contributed by atoms with Gasteiger partial charge in [-0.2, -0.15) is 16.9 Å². The van der Waals surface area contributed by atoms with Crippen LogP contribution < -0.4 is 0 Å². The van der Waals surface area contributed by atoms with Gasteiger partial charge < -0.3 is 0 Å². The fourth-order valence-corrected chi connectivity index (χ4v) is 2.41. The molecule has 0 radical (unpaired) electrons. The van der Waals surface area contributed by atoms with E-state index in [1.807, 2.05) is 18.0 Å². The molecule has 1 heterocycles. The van der Waals surface area contributed by atoms with E-state index in [0.29, 0.717) is 0 Å². The Bertz CT molecular complexity index is 312. The molecular formula is C8H11N3S2. The molecular weight excluding hydrogens is 202 g/mol. The molecule has 1 aliphatic rings. The predicted molar refractivity (Wildman–Crippen MR) is 56.0 cm³/mol. The van der Waals surface area contributed by atoms with Crippen molar-refractivity contribution >= 4 is 23.5 Å². The first kappa shape index (κ1) is 9.27. The van der Waals surface area contributed by atoms with E-state index in [1.165, 1.54) is 12.8 Å². The van der Waals surface area contributed by atoms with Gasteiger partial charge in [-0.25, -0.2) is 4.98 Å². The van der Waals surface area contributed by atoms with E-state index >= 15 is 0 Å². The zero-order chi connectivity index (χ0) is 9.31. The van der Waals surface area contributed by atoms with Gasteiger partial charge in [0.25, 0.3) is 0 Å². The van der Waals surface area contributed by atoms with Crippen LogP contribution in [-0.2, 0) is 4.75 Å².